The molecule has 0 saturated heterocycles. The molecule has 1 aromatic carbocycles. The first-order chi connectivity index (χ1) is 10.7. The second-order valence-corrected chi connectivity index (χ2v) is 5.79. The number of hydrogen-bond donors (Lipinski definition) is 2. The van der Waals surface area contributed by atoms with Crippen molar-refractivity contribution in [3.63, 3.8) is 0 Å². The smallest absolute Gasteiger partial charge is 0.451 e. The van der Waals surface area contributed by atoms with Crippen LogP contribution in [0.5, 0.6) is 0 Å². The summed E-state index contributed by atoms with van der Waals surface area (Å²) < 4.78 is 39.4. The number of aliphatic carboxylic acids is 1. The standard InChI is InChI=1S/C14H13BrF3N3O2/c1-2-3-10(12(22)23)19-11-8-6-7(15)4-5-9(8)20-13(21-11)14(16,17)18/h4-6,10H,2-3H2,1H3,(H,22,23)(H,19,20,21). The highest BCUT2D eigenvalue weighted by Gasteiger charge is 2.36. The van der Waals surface area contributed by atoms with E-state index in [-0.39, 0.29) is 17.8 Å². The van der Waals surface area contributed by atoms with Crippen LogP contribution in [0.3, 0.4) is 0 Å². The lowest BCUT2D eigenvalue weighted by Gasteiger charge is -2.17. The summed E-state index contributed by atoms with van der Waals surface area (Å²) in [5, 5.41) is 12.1. The van der Waals surface area contributed by atoms with Crippen LogP contribution in [0.2, 0.25) is 0 Å². The molecule has 2 aromatic rings. The zero-order chi connectivity index (χ0) is 17.2. The summed E-state index contributed by atoms with van der Waals surface area (Å²) in [6.07, 6.45) is -3.90. The molecule has 1 unspecified atom stereocenters. The molecular weight excluding hydrogens is 379 g/mol. The Bertz CT molecular complexity index is 737. The summed E-state index contributed by atoms with van der Waals surface area (Å²) >= 11 is 3.23. The van der Waals surface area contributed by atoms with E-state index in [4.69, 9.17) is 0 Å². The Kier molecular flexibility index (Phi) is 5.08. The number of carboxylic acid groups (broad SMARTS) is 1. The van der Waals surface area contributed by atoms with Crippen molar-refractivity contribution >= 4 is 38.6 Å². The normalized spacial score (nSPS) is 13.1. The van der Waals surface area contributed by atoms with E-state index in [9.17, 15) is 23.1 Å². The molecule has 1 aromatic heterocycles. The van der Waals surface area contributed by atoms with E-state index in [0.29, 0.717) is 16.3 Å². The quantitative estimate of drug-likeness (QED) is 0.802. The molecule has 0 saturated carbocycles. The molecule has 0 bridgehead atoms. The summed E-state index contributed by atoms with van der Waals surface area (Å²) in [5.74, 6) is -2.61. The zero-order valence-corrected chi connectivity index (χ0v) is 13.6. The molecule has 0 spiro atoms. The summed E-state index contributed by atoms with van der Waals surface area (Å²) in [6.45, 7) is 1.79. The van der Waals surface area contributed by atoms with Crippen molar-refractivity contribution in [1.82, 2.24) is 9.97 Å². The molecule has 23 heavy (non-hydrogen) atoms. The van der Waals surface area contributed by atoms with Gasteiger partial charge in [-0.1, -0.05) is 29.3 Å². The molecule has 0 aliphatic carbocycles. The van der Waals surface area contributed by atoms with E-state index in [1.165, 1.54) is 6.07 Å². The van der Waals surface area contributed by atoms with E-state index in [1.807, 2.05) is 0 Å². The maximum Gasteiger partial charge on any atom is 0.451 e. The Labute approximate surface area is 138 Å². The number of nitrogens with zero attached hydrogens (tertiary/aromatic N) is 2. The number of alkyl halides is 3. The van der Waals surface area contributed by atoms with Gasteiger partial charge in [0.25, 0.3) is 0 Å². The third kappa shape index (κ3) is 4.10. The lowest BCUT2D eigenvalue weighted by Crippen LogP contribution is -2.30. The van der Waals surface area contributed by atoms with E-state index in [2.05, 4.69) is 31.2 Å². The fourth-order valence-electron chi connectivity index (χ4n) is 2.05. The van der Waals surface area contributed by atoms with Gasteiger partial charge in [0.05, 0.1) is 5.52 Å². The van der Waals surface area contributed by atoms with Gasteiger partial charge >= 0.3 is 12.1 Å². The molecule has 2 N–H and O–H groups in total. The van der Waals surface area contributed by atoms with Crippen molar-refractivity contribution in [1.29, 1.82) is 0 Å². The molecule has 0 aliphatic heterocycles. The molecule has 0 amide bonds. The lowest BCUT2D eigenvalue weighted by atomic mass is 10.1. The zero-order valence-electron chi connectivity index (χ0n) is 12.0. The minimum atomic E-state index is -4.72. The summed E-state index contributed by atoms with van der Waals surface area (Å²) in [5.41, 5.74) is 0.0821. The van der Waals surface area contributed by atoms with Gasteiger partial charge in [-0.05, 0) is 24.6 Å². The van der Waals surface area contributed by atoms with Crippen LogP contribution in [0, 0.1) is 0 Å². The van der Waals surface area contributed by atoms with Gasteiger partial charge in [0.2, 0.25) is 5.82 Å². The predicted octanol–water partition coefficient (Wildman–Crippen LogP) is 4.08. The highest BCUT2D eigenvalue weighted by molar-refractivity contribution is 9.10. The van der Waals surface area contributed by atoms with E-state index < -0.39 is 24.0 Å². The number of halogens is 4. The SMILES string of the molecule is CCCC(Nc1nc(C(F)(F)F)nc2ccc(Br)cc12)C(=O)O. The first kappa shape index (κ1) is 17.5. The molecule has 0 radical (unpaired) electrons. The minimum Gasteiger partial charge on any atom is -0.480 e. The Balaban J connectivity index is 2.58. The summed E-state index contributed by atoms with van der Waals surface area (Å²) in [4.78, 5) is 18.2. The Morgan fingerprint density at radius 1 is 1.39 bits per heavy atom. The first-order valence-electron chi connectivity index (χ1n) is 6.76. The number of benzene rings is 1. The molecule has 0 aliphatic rings. The lowest BCUT2D eigenvalue weighted by molar-refractivity contribution is -0.144. The number of rotatable bonds is 5. The number of aromatic nitrogens is 2. The van der Waals surface area contributed by atoms with Crippen LogP contribution in [0.4, 0.5) is 19.0 Å². The monoisotopic (exact) mass is 391 g/mol. The second kappa shape index (κ2) is 6.69. The van der Waals surface area contributed by atoms with Crippen molar-refractivity contribution in [2.24, 2.45) is 0 Å². The number of anilines is 1. The van der Waals surface area contributed by atoms with Gasteiger partial charge in [-0.2, -0.15) is 13.2 Å². The molecule has 124 valence electrons. The fourth-order valence-corrected chi connectivity index (χ4v) is 2.41. The van der Waals surface area contributed by atoms with Crippen molar-refractivity contribution in [2.45, 2.75) is 32.0 Å². The number of carbonyl (C=O) groups is 1. The average Bonchev–Trinajstić information content (AvgIpc) is 2.45. The molecule has 5 nitrogen and oxygen atoms in total. The van der Waals surface area contributed by atoms with Gasteiger partial charge in [0.15, 0.2) is 0 Å². The van der Waals surface area contributed by atoms with Crippen molar-refractivity contribution in [3.8, 4) is 0 Å². The molecule has 1 atom stereocenters. The third-order valence-corrected chi connectivity index (χ3v) is 3.59. The predicted molar refractivity (Wildman–Crippen MR) is 82.2 cm³/mol. The molecule has 1 heterocycles. The molecule has 0 fully saturated rings. The topological polar surface area (TPSA) is 75.1 Å². The van der Waals surface area contributed by atoms with Gasteiger partial charge in [-0.3, -0.25) is 0 Å². The van der Waals surface area contributed by atoms with Gasteiger partial charge in [-0.25, -0.2) is 14.8 Å². The van der Waals surface area contributed by atoms with Crippen LogP contribution in [0.1, 0.15) is 25.6 Å². The van der Waals surface area contributed by atoms with Gasteiger partial charge in [0.1, 0.15) is 11.9 Å². The van der Waals surface area contributed by atoms with Gasteiger partial charge in [-0.15, -0.1) is 0 Å². The second-order valence-electron chi connectivity index (χ2n) is 4.88. The van der Waals surface area contributed by atoms with Crippen LogP contribution in [0.25, 0.3) is 10.9 Å². The molecular formula is C14H13BrF3N3O2. The van der Waals surface area contributed by atoms with E-state index >= 15 is 0 Å². The Hall–Kier alpha value is -1.90. The Morgan fingerprint density at radius 3 is 2.65 bits per heavy atom. The fraction of sp³-hybridized carbons (Fsp3) is 0.357. The average molecular weight is 392 g/mol. The number of carboxylic acids is 1. The van der Waals surface area contributed by atoms with Crippen molar-refractivity contribution in [3.05, 3.63) is 28.5 Å². The number of nitrogens with one attached hydrogen (secondary N) is 1. The molecule has 2 rings (SSSR count). The van der Waals surface area contributed by atoms with Crippen LogP contribution < -0.4 is 5.32 Å². The van der Waals surface area contributed by atoms with Crippen LogP contribution in [-0.4, -0.2) is 27.1 Å². The van der Waals surface area contributed by atoms with Crippen LogP contribution in [0.15, 0.2) is 22.7 Å². The summed E-state index contributed by atoms with van der Waals surface area (Å²) in [7, 11) is 0. The number of hydrogen-bond acceptors (Lipinski definition) is 4. The maximum absolute atomic E-state index is 12.9. The van der Waals surface area contributed by atoms with Crippen LogP contribution in [-0.2, 0) is 11.0 Å². The van der Waals surface area contributed by atoms with E-state index in [0.717, 1.165) is 0 Å². The van der Waals surface area contributed by atoms with Crippen molar-refractivity contribution < 1.29 is 23.1 Å². The Morgan fingerprint density at radius 2 is 2.09 bits per heavy atom. The maximum atomic E-state index is 12.9. The summed E-state index contributed by atoms with van der Waals surface area (Å²) in [6, 6.07) is 3.48. The van der Waals surface area contributed by atoms with Crippen LogP contribution >= 0.6 is 15.9 Å². The minimum absolute atomic E-state index is 0.0821. The third-order valence-electron chi connectivity index (χ3n) is 3.10. The molecule has 9 heteroatoms. The first-order valence-corrected chi connectivity index (χ1v) is 7.55. The van der Waals surface area contributed by atoms with E-state index in [1.54, 1.807) is 19.1 Å². The van der Waals surface area contributed by atoms with Gasteiger partial charge < -0.3 is 10.4 Å². The largest absolute Gasteiger partial charge is 0.480 e. The van der Waals surface area contributed by atoms with Crippen molar-refractivity contribution in [2.75, 3.05) is 5.32 Å². The number of fused-ring (bicyclic) bond motifs is 1. The highest BCUT2D eigenvalue weighted by Crippen LogP contribution is 2.31. The highest BCUT2D eigenvalue weighted by atomic mass is 79.9. The van der Waals surface area contributed by atoms with Gasteiger partial charge in [0, 0.05) is 9.86 Å².